The van der Waals surface area contributed by atoms with E-state index in [2.05, 4.69) is 4.74 Å². The van der Waals surface area contributed by atoms with E-state index in [0.717, 1.165) is 0 Å². The van der Waals surface area contributed by atoms with Gasteiger partial charge in [-0.3, -0.25) is 0 Å². The van der Waals surface area contributed by atoms with Crippen LogP contribution in [0.2, 0.25) is 0 Å². The summed E-state index contributed by atoms with van der Waals surface area (Å²) in [7, 11) is 0. The fourth-order valence-electron chi connectivity index (χ4n) is 1.08. The highest BCUT2D eigenvalue weighted by Crippen LogP contribution is 2.21. The summed E-state index contributed by atoms with van der Waals surface area (Å²) in [5.74, 6) is 0. The molecule has 1 saturated heterocycles. The first-order valence-corrected chi connectivity index (χ1v) is 3.41. The zero-order valence-electron chi connectivity index (χ0n) is 6.08. The van der Waals surface area contributed by atoms with E-state index in [0.29, 0.717) is 0 Å². The molecule has 1 aliphatic heterocycles. The molecule has 0 bridgehead atoms. The zero-order chi connectivity index (χ0) is 8.59. The Morgan fingerprint density at radius 1 is 1.18 bits per heavy atom. The van der Waals surface area contributed by atoms with Gasteiger partial charge in [-0.1, -0.05) is 0 Å². The maximum Gasteiger partial charge on any atom is 0.184 e. The molecule has 5 nitrogen and oxygen atoms in total. The molecule has 66 valence electrons. The van der Waals surface area contributed by atoms with Gasteiger partial charge in [0.2, 0.25) is 0 Å². The Morgan fingerprint density at radius 2 is 1.73 bits per heavy atom. The Balaban J connectivity index is 2.59. The number of hydrogen-bond donors (Lipinski definition) is 4. The van der Waals surface area contributed by atoms with Crippen LogP contribution in [0.1, 0.15) is 6.92 Å². The highest BCUT2D eigenvalue weighted by molar-refractivity contribution is 4.88. The van der Waals surface area contributed by atoms with Crippen LogP contribution in [0.15, 0.2) is 0 Å². The molecular weight excluding hydrogens is 152 g/mol. The second-order valence-corrected chi connectivity index (χ2v) is 2.71. The minimum atomic E-state index is -1.40. The van der Waals surface area contributed by atoms with Gasteiger partial charge in [0.1, 0.15) is 18.3 Å². The number of aliphatic hydroxyl groups excluding tert-OH is 4. The van der Waals surface area contributed by atoms with Crippen LogP contribution in [-0.4, -0.2) is 51.1 Å². The fraction of sp³-hybridized carbons (Fsp3) is 1.00. The van der Waals surface area contributed by atoms with Crippen molar-refractivity contribution in [2.75, 3.05) is 0 Å². The van der Waals surface area contributed by atoms with Gasteiger partial charge in [-0.15, -0.1) is 0 Å². The number of hydrogen-bond acceptors (Lipinski definition) is 5. The van der Waals surface area contributed by atoms with E-state index in [4.69, 9.17) is 20.4 Å². The summed E-state index contributed by atoms with van der Waals surface area (Å²) in [4.78, 5) is 0. The number of ether oxygens (including phenoxy) is 1. The van der Waals surface area contributed by atoms with E-state index < -0.39 is 30.7 Å². The van der Waals surface area contributed by atoms with E-state index in [1.807, 2.05) is 0 Å². The van der Waals surface area contributed by atoms with Crippen molar-refractivity contribution in [2.24, 2.45) is 0 Å². The predicted octanol–water partition coefficient (Wildman–Crippen LogP) is -2.19. The molecule has 4 N–H and O–H groups in total. The molecule has 0 unspecified atom stereocenters. The summed E-state index contributed by atoms with van der Waals surface area (Å²) >= 11 is 0. The van der Waals surface area contributed by atoms with Gasteiger partial charge < -0.3 is 25.2 Å². The van der Waals surface area contributed by atoms with Crippen molar-refractivity contribution in [1.82, 2.24) is 0 Å². The Hall–Kier alpha value is -0.200. The van der Waals surface area contributed by atoms with Gasteiger partial charge in [-0.25, -0.2) is 0 Å². The Morgan fingerprint density at radius 3 is 1.91 bits per heavy atom. The smallest absolute Gasteiger partial charge is 0.184 e. The van der Waals surface area contributed by atoms with Gasteiger partial charge in [-0.2, -0.15) is 0 Å². The average molecular weight is 164 g/mol. The molecule has 0 saturated carbocycles. The summed E-state index contributed by atoms with van der Waals surface area (Å²) in [5, 5.41) is 35.8. The van der Waals surface area contributed by atoms with Gasteiger partial charge in [-0.05, 0) is 6.92 Å². The first-order chi connectivity index (χ1) is 5.04. The lowest BCUT2D eigenvalue weighted by Gasteiger charge is -2.16. The van der Waals surface area contributed by atoms with Crippen LogP contribution < -0.4 is 0 Å². The maximum atomic E-state index is 9.10. The summed E-state index contributed by atoms with van der Waals surface area (Å²) in [6.07, 6.45) is -5.75. The third-order valence-corrected chi connectivity index (χ3v) is 1.75. The van der Waals surface area contributed by atoms with Crippen molar-refractivity contribution in [3.63, 3.8) is 0 Å². The molecule has 5 atom stereocenters. The van der Waals surface area contributed by atoms with Crippen molar-refractivity contribution < 1.29 is 25.2 Å². The second kappa shape index (κ2) is 3.04. The SMILES string of the molecule is C[C@H](O)[C@H]1O[C@H](O)[C@@H](O)[C@H]1O. The maximum absolute atomic E-state index is 9.10. The molecule has 0 spiro atoms. The van der Waals surface area contributed by atoms with Crippen molar-refractivity contribution in [3.05, 3.63) is 0 Å². The summed E-state index contributed by atoms with van der Waals surface area (Å²) < 4.78 is 4.65. The van der Waals surface area contributed by atoms with E-state index in [1.54, 1.807) is 0 Å². The van der Waals surface area contributed by atoms with Crippen LogP contribution in [0, 0.1) is 0 Å². The second-order valence-electron chi connectivity index (χ2n) is 2.71. The molecule has 1 fully saturated rings. The first-order valence-electron chi connectivity index (χ1n) is 3.41. The van der Waals surface area contributed by atoms with E-state index in [1.165, 1.54) is 6.92 Å². The Kier molecular flexibility index (Phi) is 2.46. The van der Waals surface area contributed by atoms with Crippen molar-refractivity contribution in [2.45, 2.75) is 37.6 Å². The highest BCUT2D eigenvalue weighted by Gasteiger charge is 2.43. The van der Waals surface area contributed by atoms with Gasteiger partial charge in [0, 0.05) is 0 Å². The number of aliphatic hydroxyl groups is 4. The van der Waals surface area contributed by atoms with Crippen molar-refractivity contribution in [3.8, 4) is 0 Å². The quantitative estimate of drug-likeness (QED) is 0.353. The standard InChI is InChI=1S/C6H12O5/c1-2(7)5-3(8)4(9)6(10)11-5/h2-10H,1H3/t2-,3+,4-,5+,6-/m0/s1. The van der Waals surface area contributed by atoms with Gasteiger partial charge in [0.05, 0.1) is 6.10 Å². The molecule has 1 aliphatic rings. The largest absolute Gasteiger partial charge is 0.391 e. The molecule has 0 aromatic heterocycles. The van der Waals surface area contributed by atoms with Crippen LogP contribution in [0.3, 0.4) is 0 Å². The van der Waals surface area contributed by atoms with Crippen LogP contribution in [0.5, 0.6) is 0 Å². The zero-order valence-corrected chi connectivity index (χ0v) is 6.08. The molecule has 0 aliphatic carbocycles. The lowest BCUT2D eigenvalue weighted by molar-refractivity contribution is -0.143. The minimum Gasteiger partial charge on any atom is -0.391 e. The highest BCUT2D eigenvalue weighted by atomic mass is 16.6. The molecule has 11 heavy (non-hydrogen) atoms. The van der Waals surface area contributed by atoms with Gasteiger partial charge in [0.25, 0.3) is 0 Å². The van der Waals surface area contributed by atoms with Crippen molar-refractivity contribution >= 4 is 0 Å². The average Bonchev–Trinajstić information content (AvgIpc) is 2.17. The van der Waals surface area contributed by atoms with Crippen LogP contribution >= 0.6 is 0 Å². The number of rotatable bonds is 1. The Bertz CT molecular complexity index is 137. The Labute approximate surface area is 63.8 Å². The first kappa shape index (κ1) is 8.89. The van der Waals surface area contributed by atoms with Crippen LogP contribution in [-0.2, 0) is 4.74 Å². The normalized spacial score (nSPS) is 47.7. The monoisotopic (exact) mass is 164 g/mol. The van der Waals surface area contributed by atoms with Gasteiger partial charge >= 0.3 is 0 Å². The topological polar surface area (TPSA) is 90.2 Å². The molecule has 0 aromatic rings. The van der Waals surface area contributed by atoms with Gasteiger partial charge in [0.15, 0.2) is 6.29 Å². The van der Waals surface area contributed by atoms with E-state index in [-0.39, 0.29) is 0 Å². The minimum absolute atomic E-state index is 0.903. The lowest BCUT2D eigenvalue weighted by atomic mass is 10.1. The summed E-state index contributed by atoms with van der Waals surface area (Å²) in [6.45, 7) is 1.42. The molecule has 1 rings (SSSR count). The molecule has 1 heterocycles. The van der Waals surface area contributed by atoms with E-state index >= 15 is 0 Å². The van der Waals surface area contributed by atoms with Crippen LogP contribution in [0.4, 0.5) is 0 Å². The lowest BCUT2D eigenvalue weighted by Crippen LogP contribution is -2.37. The third kappa shape index (κ3) is 1.52. The summed E-state index contributed by atoms with van der Waals surface area (Å²) in [6, 6.07) is 0. The molecule has 0 radical (unpaired) electrons. The third-order valence-electron chi connectivity index (χ3n) is 1.75. The summed E-state index contributed by atoms with van der Waals surface area (Å²) in [5.41, 5.74) is 0. The molecule has 5 heteroatoms. The van der Waals surface area contributed by atoms with Crippen LogP contribution in [0.25, 0.3) is 0 Å². The molecule has 0 amide bonds. The molecule has 0 aromatic carbocycles. The van der Waals surface area contributed by atoms with E-state index in [9.17, 15) is 0 Å². The predicted molar refractivity (Wildman–Crippen MR) is 34.6 cm³/mol. The van der Waals surface area contributed by atoms with Crippen molar-refractivity contribution in [1.29, 1.82) is 0 Å². The fourth-order valence-corrected chi connectivity index (χ4v) is 1.08. The molecular formula is C6H12O5.